The standard InChI is InChI=1S/C21H21ClN4O5/c1-13-3-6-15(7-4-13)30-12-18(27)23-9-10-24-20(28)21-25-19(26-31-21)16-11-14(22)5-8-17(16)29-2/h3-8,11H,9-10,12H2,1-2H3,(H,23,27)(H,24,28). The molecule has 0 spiro atoms. The average molecular weight is 445 g/mol. The van der Waals surface area contributed by atoms with Gasteiger partial charge in [-0.15, -0.1) is 0 Å². The summed E-state index contributed by atoms with van der Waals surface area (Å²) in [6.07, 6.45) is 0. The molecule has 2 amide bonds. The van der Waals surface area contributed by atoms with Crippen molar-refractivity contribution in [1.29, 1.82) is 0 Å². The van der Waals surface area contributed by atoms with Gasteiger partial charge in [0.05, 0.1) is 12.7 Å². The lowest BCUT2D eigenvalue weighted by Gasteiger charge is -2.08. The van der Waals surface area contributed by atoms with Crippen molar-refractivity contribution in [2.45, 2.75) is 6.92 Å². The third-order valence-corrected chi connectivity index (χ3v) is 4.38. The molecule has 10 heteroatoms. The Morgan fingerprint density at radius 2 is 1.84 bits per heavy atom. The SMILES string of the molecule is COc1ccc(Cl)cc1-c1noc(C(=O)NCCNC(=O)COc2ccc(C)cc2)n1. The van der Waals surface area contributed by atoms with Gasteiger partial charge in [0.15, 0.2) is 6.61 Å². The zero-order chi connectivity index (χ0) is 22.2. The first-order valence-electron chi connectivity index (χ1n) is 9.38. The highest BCUT2D eigenvalue weighted by molar-refractivity contribution is 6.30. The first kappa shape index (κ1) is 22.1. The number of ether oxygens (including phenoxy) is 2. The summed E-state index contributed by atoms with van der Waals surface area (Å²) in [7, 11) is 1.50. The molecule has 0 saturated heterocycles. The average Bonchev–Trinajstić information content (AvgIpc) is 3.26. The summed E-state index contributed by atoms with van der Waals surface area (Å²) < 4.78 is 15.7. The van der Waals surface area contributed by atoms with Gasteiger partial charge in [-0.1, -0.05) is 34.5 Å². The van der Waals surface area contributed by atoms with Gasteiger partial charge in [0.1, 0.15) is 11.5 Å². The number of aryl methyl sites for hydroxylation is 1. The van der Waals surface area contributed by atoms with Gasteiger partial charge in [-0.3, -0.25) is 9.59 Å². The Kier molecular flexibility index (Phi) is 7.45. The predicted molar refractivity (Wildman–Crippen MR) is 113 cm³/mol. The lowest BCUT2D eigenvalue weighted by Crippen LogP contribution is -2.36. The second-order valence-electron chi connectivity index (χ2n) is 6.48. The largest absolute Gasteiger partial charge is 0.496 e. The first-order valence-corrected chi connectivity index (χ1v) is 9.76. The number of benzene rings is 2. The van der Waals surface area contributed by atoms with E-state index in [1.54, 1.807) is 30.3 Å². The molecular weight excluding hydrogens is 424 g/mol. The molecule has 1 heterocycles. The smallest absolute Gasteiger partial charge is 0.316 e. The van der Waals surface area contributed by atoms with E-state index in [1.165, 1.54) is 7.11 Å². The lowest BCUT2D eigenvalue weighted by atomic mass is 10.2. The normalized spacial score (nSPS) is 10.4. The van der Waals surface area contributed by atoms with Gasteiger partial charge >= 0.3 is 11.8 Å². The number of halogens is 1. The summed E-state index contributed by atoms with van der Waals surface area (Å²) in [6, 6.07) is 12.3. The quantitative estimate of drug-likeness (QED) is 0.487. The van der Waals surface area contributed by atoms with E-state index < -0.39 is 5.91 Å². The minimum atomic E-state index is -0.565. The summed E-state index contributed by atoms with van der Waals surface area (Å²) in [5.41, 5.74) is 1.60. The lowest BCUT2D eigenvalue weighted by molar-refractivity contribution is -0.123. The zero-order valence-corrected chi connectivity index (χ0v) is 17.7. The maximum absolute atomic E-state index is 12.2. The molecule has 0 aliphatic carbocycles. The highest BCUT2D eigenvalue weighted by Gasteiger charge is 2.18. The second kappa shape index (κ2) is 10.4. The van der Waals surface area contributed by atoms with E-state index in [1.807, 2.05) is 19.1 Å². The number of carbonyl (C=O) groups is 2. The van der Waals surface area contributed by atoms with Crippen LogP contribution in [0.2, 0.25) is 5.02 Å². The third kappa shape index (κ3) is 6.19. The molecule has 0 fully saturated rings. The van der Waals surface area contributed by atoms with E-state index in [4.69, 9.17) is 25.6 Å². The van der Waals surface area contributed by atoms with Crippen molar-refractivity contribution in [3.63, 3.8) is 0 Å². The number of aromatic nitrogens is 2. The first-order chi connectivity index (χ1) is 15.0. The van der Waals surface area contributed by atoms with Crippen molar-refractivity contribution in [3.8, 4) is 22.9 Å². The van der Waals surface area contributed by atoms with Gasteiger partial charge < -0.3 is 24.6 Å². The number of rotatable bonds is 9. The molecule has 0 saturated carbocycles. The van der Waals surface area contributed by atoms with Crippen molar-refractivity contribution in [2.75, 3.05) is 26.8 Å². The van der Waals surface area contributed by atoms with Crippen LogP contribution in [-0.2, 0) is 4.79 Å². The number of nitrogens with one attached hydrogen (secondary N) is 2. The molecule has 31 heavy (non-hydrogen) atoms. The monoisotopic (exact) mass is 444 g/mol. The van der Waals surface area contributed by atoms with E-state index in [0.29, 0.717) is 22.1 Å². The zero-order valence-electron chi connectivity index (χ0n) is 17.0. The van der Waals surface area contributed by atoms with Gasteiger partial charge in [0.25, 0.3) is 5.91 Å². The van der Waals surface area contributed by atoms with Gasteiger partial charge in [-0.2, -0.15) is 4.98 Å². The summed E-state index contributed by atoms with van der Waals surface area (Å²) in [5.74, 6) is 0.190. The fourth-order valence-electron chi connectivity index (χ4n) is 2.57. The molecule has 0 bridgehead atoms. The molecule has 0 aliphatic rings. The fraction of sp³-hybridized carbons (Fsp3) is 0.238. The summed E-state index contributed by atoms with van der Waals surface area (Å²) in [5, 5.41) is 9.50. The Labute approximate surface area is 183 Å². The van der Waals surface area contributed by atoms with E-state index in [-0.39, 0.29) is 37.3 Å². The van der Waals surface area contributed by atoms with Crippen LogP contribution in [0.1, 0.15) is 16.2 Å². The number of amides is 2. The minimum absolute atomic E-state index is 0.120. The summed E-state index contributed by atoms with van der Waals surface area (Å²) >= 11 is 6.00. The predicted octanol–water partition coefficient (Wildman–Crippen LogP) is 2.63. The molecule has 3 rings (SSSR count). The Bertz CT molecular complexity index is 1050. The van der Waals surface area contributed by atoms with Crippen molar-refractivity contribution in [2.24, 2.45) is 0 Å². The number of hydrogen-bond acceptors (Lipinski definition) is 7. The molecule has 2 N–H and O–H groups in total. The van der Waals surface area contributed by atoms with Crippen LogP contribution in [0.4, 0.5) is 0 Å². The van der Waals surface area contributed by atoms with Gasteiger partial charge in [0, 0.05) is 18.1 Å². The van der Waals surface area contributed by atoms with Crippen LogP contribution in [0, 0.1) is 6.92 Å². The summed E-state index contributed by atoms with van der Waals surface area (Å²) in [4.78, 5) is 28.1. The van der Waals surface area contributed by atoms with Crippen molar-refractivity contribution < 1.29 is 23.6 Å². The van der Waals surface area contributed by atoms with Crippen molar-refractivity contribution in [3.05, 3.63) is 58.9 Å². The summed E-state index contributed by atoms with van der Waals surface area (Å²) in [6.45, 7) is 2.23. The van der Waals surface area contributed by atoms with Gasteiger partial charge in [0.2, 0.25) is 5.82 Å². The number of methoxy groups -OCH3 is 1. The molecule has 3 aromatic rings. The number of nitrogens with zero attached hydrogens (tertiary/aromatic N) is 2. The Hall–Kier alpha value is -3.59. The van der Waals surface area contributed by atoms with Crippen LogP contribution in [0.15, 0.2) is 47.0 Å². The van der Waals surface area contributed by atoms with Crippen molar-refractivity contribution in [1.82, 2.24) is 20.8 Å². The Morgan fingerprint density at radius 3 is 2.58 bits per heavy atom. The molecule has 162 valence electrons. The molecule has 2 aromatic carbocycles. The van der Waals surface area contributed by atoms with Crippen LogP contribution in [-0.4, -0.2) is 48.8 Å². The highest BCUT2D eigenvalue weighted by Crippen LogP contribution is 2.30. The molecule has 0 unspecified atom stereocenters. The molecule has 0 atom stereocenters. The van der Waals surface area contributed by atoms with Crippen LogP contribution in [0.25, 0.3) is 11.4 Å². The number of carbonyl (C=O) groups excluding carboxylic acids is 2. The molecule has 0 radical (unpaired) electrons. The topological polar surface area (TPSA) is 116 Å². The van der Waals surface area contributed by atoms with Gasteiger partial charge in [-0.05, 0) is 37.3 Å². The van der Waals surface area contributed by atoms with Crippen LogP contribution >= 0.6 is 11.6 Å². The van der Waals surface area contributed by atoms with Crippen LogP contribution in [0.5, 0.6) is 11.5 Å². The van der Waals surface area contributed by atoms with Crippen LogP contribution in [0.3, 0.4) is 0 Å². The van der Waals surface area contributed by atoms with Crippen LogP contribution < -0.4 is 20.1 Å². The van der Waals surface area contributed by atoms with E-state index >= 15 is 0 Å². The van der Waals surface area contributed by atoms with Gasteiger partial charge in [-0.25, -0.2) is 0 Å². The fourth-order valence-corrected chi connectivity index (χ4v) is 2.74. The third-order valence-electron chi connectivity index (χ3n) is 4.15. The molecule has 0 aliphatic heterocycles. The van der Waals surface area contributed by atoms with E-state index in [0.717, 1.165) is 5.56 Å². The maximum atomic E-state index is 12.2. The second-order valence-corrected chi connectivity index (χ2v) is 6.91. The molecule has 9 nitrogen and oxygen atoms in total. The maximum Gasteiger partial charge on any atom is 0.316 e. The number of hydrogen-bond donors (Lipinski definition) is 2. The van der Waals surface area contributed by atoms with E-state index in [2.05, 4.69) is 20.8 Å². The van der Waals surface area contributed by atoms with E-state index in [9.17, 15) is 9.59 Å². The minimum Gasteiger partial charge on any atom is -0.496 e. The molecular formula is C21H21ClN4O5. The Morgan fingerprint density at radius 1 is 1.10 bits per heavy atom. The Balaban J connectivity index is 1.44. The highest BCUT2D eigenvalue weighted by atomic mass is 35.5. The molecule has 1 aromatic heterocycles. The van der Waals surface area contributed by atoms with Crippen molar-refractivity contribution >= 4 is 23.4 Å².